The van der Waals surface area contributed by atoms with Gasteiger partial charge < -0.3 is 19.9 Å². The van der Waals surface area contributed by atoms with Gasteiger partial charge in [-0.3, -0.25) is 4.79 Å². The number of nitrogens with zero attached hydrogens (tertiary/aromatic N) is 2. The molecular formula is C17H20N4O3. The first kappa shape index (κ1) is 16.2. The van der Waals surface area contributed by atoms with Crippen LogP contribution < -0.4 is 5.32 Å². The number of aromatic nitrogens is 3. The molecule has 3 aromatic rings. The lowest BCUT2D eigenvalue weighted by molar-refractivity contribution is -0.116. The van der Waals surface area contributed by atoms with Crippen molar-refractivity contribution in [3.8, 4) is 0 Å². The van der Waals surface area contributed by atoms with Crippen molar-refractivity contribution in [2.24, 2.45) is 0 Å². The van der Waals surface area contributed by atoms with E-state index in [0.717, 1.165) is 28.1 Å². The molecule has 1 unspecified atom stereocenters. The van der Waals surface area contributed by atoms with Crippen molar-refractivity contribution in [2.75, 3.05) is 5.32 Å². The molecule has 0 saturated carbocycles. The van der Waals surface area contributed by atoms with Gasteiger partial charge in [0.05, 0.1) is 16.7 Å². The van der Waals surface area contributed by atoms with Gasteiger partial charge in [-0.25, -0.2) is 4.98 Å². The third-order valence-corrected chi connectivity index (χ3v) is 3.96. The van der Waals surface area contributed by atoms with E-state index in [1.54, 1.807) is 13.0 Å². The summed E-state index contributed by atoms with van der Waals surface area (Å²) in [5, 5.41) is 16.3. The first-order valence-electron chi connectivity index (χ1n) is 7.83. The summed E-state index contributed by atoms with van der Waals surface area (Å²) in [6.07, 6.45) is 0.277. The molecule has 1 aromatic carbocycles. The highest BCUT2D eigenvalue weighted by atomic mass is 16.5. The molecule has 0 aliphatic carbocycles. The molecule has 0 radical (unpaired) electrons. The van der Waals surface area contributed by atoms with Crippen molar-refractivity contribution in [3.05, 3.63) is 41.0 Å². The Balaban J connectivity index is 1.66. The van der Waals surface area contributed by atoms with Crippen molar-refractivity contribution in [1.29, 1.82) is 0 Å². The topological polar surface area (TPSA) is 104 Å². The van der Waals surface area contributed by atoms with Crippen LogP contribution in [0.1, 0.15) is 42.3 Å². The Labute approximate surface area is 139 Å². The van der Waals surface area contributed by atoms with E-state index in [1.165, 1.54) is 0 Å². The van der Waals surface area contributed by atoms with Crippen molar-refractivity contribution in [2.45, 2.75) is 39.7 Å². The van der Waals surface area contributed by atoms with E-state index < -0.39 is 6.10 Å². The van der Waals surface area contributed by atoms with Crippen LogP contribution in [0.3, 0.4) is 0 Å². The number of hydrogen-bond donors (Lipinski definition) is 3. The Morgan fingerprint density at radius 3 is 2.88 bits per heavy atom. The number of fused-ring (bicyclic) bond motifs is 1. The van der Waals surface area contributed by atoms with Crippen LogP contribution in [0.5, 0.6) is 0 Å². The molecule has 0 aliphatic rings. The highest BCUT2D eigenvalue weighted by Gasteiger charge is 2.12. The van der Waals surface area contributed by atoms with Gasteiger partial charge in [0.15, 0.2) is 0 Å². The van der Waals surface area contributed by atoms with Crippen LogP contribution >= 0.6 is 0 Å². The molecule has 126 valence electrons. The second kappa shape index (κ2) is 6.45. The summed E-state index contributed by atoms with van der Waals surface area (Å²) in [6, 6.07) is 5.41. The minimum Gasteiger partial charge on any atom is -0.385 e. The van der Waals surface area contributed by atoms with Gasteiger partial charge in [-0.1, -0.05) is 5.16 Å². The summed E-state index contributed by atoms with van der Waals surface area (Å²) >= 11 is 0. The lowest BCUT2D eigenvalue weighted by atomic mass is 10.1. The molecule has 2 aromatic heterocycles. The van der Waals surface area contributed by atoms with Crippen LogP contribution in [0.4, 0.5) is 5.69 Å². The van der Waals surface area contributed by atoms with Crippen LogP contribution in [0, 0.1) is 13.8 Å². The number of anilines is 1. The number of carbonyl (C=O) groups excluding carboxylic acids is 1. The summed E-state index contributed by atoms with van der Waals surface area (Å²) in [6.45, 7) is 5.36. The third kappa shape index (κ3) is 3.30. The van der Waals surface area contributed by atoms with E-state index >= 15 is 0 Å². The molecule has 3 rings (SSSR count). The van der Waals surface area contributed by atoms with E-state index in [4.69, 9.17) is 4.52 Å². The molecule has 0 spiro atoms. The summed E-state index contributed by atoms with van der Waals surface area (Å²) in [7, 11) is 0. The van der Waals surface area contributed by atoms with Gasteiger partial charge in [-0.15, -0.1) is 0 Å². The first-order valence-corrected chi connectivity index (χ1v) is 7.83. The number of benzene rings is 1. The van der Waals surface area contributed by atoms with Crippen molar-refractivity contribution in [1.82, 2.24) is 15.1 Å². The van der Waals surface area contributed by atoms with Gasteiger partial charge in [-0.05, 0) is 45.4 Å². The number of aryl methyl sites for hydroxylation is 2. The number of rotatable bonds is 5. The summed E-state index contributed by atoms with van der Waals surface area (Å²) in [5.74, 6) is 1.18. The van der Waals surface area contributed by atoms with Crippen LogP contribution in [0.15, 0.2) is 22.7 Å². The molecule has 2 heterocycles. The minimum absolute atomic E-state index is 0.0791. The van der Waals surface area contributed by atoms with E-state index in [1.807, 2.05) is 26.0 Å². The van der Waals surface area contributed by atoms with E-state index in [0.29, 0.717) is 24.4 Å². The van der Waals surface area contributed by atoms with Gasteiger partial charge in [-0.2, -0.15) is 0 Å². The number of carbonyl (C=O) groups is 1. The number of aliphatic hydroxyl groups excluding tert-OH is 1. The maximum Gasteiger partial charge on any atom is 0.224 e. The van der Waals surface area contributed by atoms with E-state index in [2.05, 4.69) is 20.4 Å². The Hall–Kier alpha value is -2.67. The molecule has 0 bridgehead atoms. The zero-order chi connectivity index (χ0) is 17.3. The van der Waals surface area contributed by atoms with Crippen LogP contribution in [-0.2, 0) is 11.2 Å². The van der Waals surface area contributed by atoms with Crippen LogP contribution in [0.25, 0.3) is 11.0 Å². The van der Waals surface area contributed by atoms with Gasteiger partial charge in [0.2, 0.25) is 5.91 Å². The fraction of sp³-hybridized carbons (Fsp3) is 0.353. The monoisotopic (exact) mass is 328 g/mol. The standard InChI is InChI=1S/C17H20N4O3/c1-9-13(11(3)24-21-9)5-7-16(23)18-12-4-6-14-15(8-12)20-17(19-14)10(2)22/h4,6,8,10,22H,5,7H2,1-3H3,(H,18,23)(H,19,20). The Morgan fingerprint density at radius 2 is 2.21 bits per heavy atom. The Kier molecular flexibility index (Phi) is 4.35. The number of H-pyrrole nitrogens is 1. The number of aliphatic hydroxyl groups is 1. The Morgan fingerprint density at radius 1 is 1.42 bits per heavy atom. The molecular weight excluding hydrogens is 308 g/mol. The summed E-state index contributed by atoms with van der Waals surface area (Å²) in [5.41, 5.74) is 4.02. The fourth-order valence-corrected chi connectivity index (χ4v) is 2.63. The van der Waals surface area contributed by atoms with Crippen molar-refractivity contribution in [3.63, 3.8) is 0 Å². The predicted molar refractivity (Wildman–Crippen MR) is 89.7 cm³/mol. The molecule has 24 heavy (non-hydrogen) atoms. The van der Waals surface area contributed by atoms with Gasteiger partial charge in [0.1, 0.15) is 17.7 Å². The SMILES string of the molecule is Cc1noc(C)c1CCC(=O)Nc1ccc2nc(C(C)O)[nH]c2c1. The molecule has 0 aliphatic heterocycles. The predicted octanol–water partition coefficient (Wildman–Crippen LogP) is 2.79. The highest BCUT2D eigenvalue weighted by Crippen LogP contribution is 2.20. The number of nitrogens with one attached hydrogen (secondary N) is 2. The lowest BCUT2D eigenvalue weighted by Gasteiger charge is -2.05. The van der Waals surface area contributed by atoms with E-state index in [-0.39, 0.29) is 5.91 Å². The normalized spacial score (nSPS) is 12.5. The maximum atomic E-state index is 12.2. The summed E-state index contributed by atoms with van der Waals surface area (Å²) in [4.78, 5) is 19.5. The molecule has 3 N–H and O–H groups in total. The minimum atomic E-state index is -0.662. The van der Waals surface area contributed by atoms with Crippen molar-refractivity contribution < 1.29 is 14.4 Å². The molecule has 0 saturated heterocycles. The number of amides is 1. The molecule has 7 heteroatoms. The third-order valence-electron chi connectivity index (χ3n) is 3.96. The van der Waals surface area contributed by atoms with Crippen LogP contribution in [0.2, 0.25) is 0 Å². The highest BCUT2D eigenvalue weighted by molar-refractivity contribution is 5.93. The smallest absolute Gasteiger partial charge is 0.224 e. The first-order chi connectivity index (χ1) is 11.4. The number of imidazole rings is 1. The lowest BCUT2D eigenvalue weighted by Crippen LogP contribution is -2.12. The molecule has 1 amide bonds. The van der Waals surface area contributed by atoms with Crippen LogP contribution in [-0.4, -0.2) is 26.1 Å². The largest absolute Gasteiger partial charge is 0.385 e. The van der Waals surface area contributed by atoms with Gasteiger partial charge >= 0.3 is 0 Å². The average molecular weight is 328 g/mol. The maximum absolute atomic E-state index is 12.2. The molecule has 1 atom stereocenters. The zero-order valence-electron chi connectivity index (χ0n) is 13.9. The second-order valence-electron chi connectivity index (χ2n) is 5.88. The summed E-state index contributed by atoms with van der Waals surface area (Å²) < 4.78 is 5.10. The second-order valence-corrected chi connectivity index (χ2v) is 5.88. The fourth-order valence-electron chi connectivity index (χ4n) is 2.63. The number of hydrogen-bond acceptors (Lipinski definition) is 5. The quantitative estimate of drug-likeness (QED) is 0.668. The molecule has 0 fully saturated rings. The molecule has 7 nitrogen and oxygen atoms in total. The van der Waals surface area contributed by atoms with E-state index in [9.17, 15) is 9.90 Å². The van der Waals surface area contributed by atoms with Crippen molar-refractivity contribution >= 4 is 22.6 Å². The Bertz CT molecular complexity index is 860. The zero-order valence-corrected chi connectivity index (χ0v) is 13.9. The van der Waals surface area contributed by atoms with Gasteiger partial charge in [0, 0.05) is 17.7 Å². The van der Waals surface area contributed by atoms with Gasteiger partial charge in [0.25, 0.3) is 0 Å². The average Bonchev–Trinajstić information content (AvgIpc) is 3.09. The number of aromatic amines is 1.